The van der Waals surface area contributed by atoms with Crippen molar-refractivity contribution in [2.75, 3.05) is 18.2 Å². The smallest absolute Gasteiger partial charge is 0.228 e. The maximum Gasteiger partial charge on any atom is 0.228 e. The van der Waals surface area contributed by atoms with E-state index in [1.165, 1.54) is 0 Å². The van der Waals surface area contributed by atoms with Gasteiger partial charge in [-0.3, -0.25) is 4.79 Å². The topological polar surface area (TPSA) is 38.3 Å². The molecule has 3 nitrogen and oxygen atoms in total. The molecule has 2 aromatic rings. The number of rotatable bonds is 6. The zero-order valence-electron chi connectivity index (χ0n) is 12.0. The Kier molecular flexibility index (Phi) is 5.69. The van der Waals surface area contributed by atoms with Crippen LogP contribution in [0.5, 0.6) is 5.75 Å². The fourth-order valence-electron chi connectivity index (χ4n) is 2.06. The monoisotopic (exact) mass is 301 g/mol. The summed E-state index contributed by atoms with van der Waals surface area (Å²) in [6.07, 6.45) is 0.687. The quantitative estimate of drug-likeness (QED) is 0.802. The Bertz CT molecular complexity index is 569. The molecule has 2 aromatic carbocycles. The van der Waals surface area contributed by atoms with Gasteiger partial charge in [0.2, 0.25) is 5.91 Å². The van der Waals surface area contributed by atoms with Crippen LogP contribution in [0, 0.1) is 5.92 Å². The molecule has 0 fully saturated rings. The molecule has 0 radical (unpaired) electrons. The molecule has 0 bridgehead atoms. The first kappa shape index (κ1) is 15.4. The number of carbonyl (C=O) groups is 1. The third kappa shape index (κ3) is 4.53. The second-order valence-corrected chi connectivity index (χ2v) is 5.15. The Morgan fingerprint density at radius 1 is 1.14 bits per heavy atom. The van der Waals surface area contributed by atoms with E-state index in [0.29, 0.717) is 12.2 Å². The normalized spacial score (nSPS) is 11.7. The minimum atomic E-state index is -0.155. The van der Waals surface area contributed by atoms with E-state index in [-0.39, 0.29) is 11.8 Å². The van der Waals surface area contributed by atoms with Gasteiger partial charge in [-0.2, -0.15) is 12.6 Å². The third-order valence-electron chi connectivity index (χ3n) is 3.27. The molecular formula is C17H19NO2S. The van der Waals surface area contributed by atoms with Crippen molar-refractivity contribution in [2.24, 2.45) is 5.92 Å². The largest absolute Gasteiger partial charge is 0.497 e. The van der Waals surface area contributed by atoms with Crippen LogP contribution < -0.4 is 10.1 Å². The highest BCUT2D eigenvalue weighted by atomic mass is 32.1. The first-order valence-electron chi connectivity index (χ1n) is 6.82. The number of amides is 1. The molecule has 0 aliphatic heterocycles. The molecule has 1 amide bonds. The van der Waals surface area contributed by atoms with Gasteiger partial charge in [-0.05, 0) is 36.2 Å². The molecule has 0 spiro atoms. The highest BCUT2D eigenvalue weighted by Gasteiger charge is 2.17. The lowest BCUT2D eigenvalue weighted by atomic mass is 10.00. The first-order chi connectivity index (χ1) is 10.2. The molecule has 110 valence electrons. The van der Waals surface area contributed by atoms with E-state index in [9.17, 15) is 4.79 Å². The van der Waals surface area contributed by atoms with E-state index in [1.54, 1.807) is 7.11 Å². The lowest BCUT2D eigenvalue weighted by molar-refractivity contribution is -0.119. The van der Waals surface area contributed by atoms with E-state index in [0.717, 1.165) is 17.0 Å². The number of methoxy groups -OCH3 is 1. The maximum atomic E-state index is 12.3. The van der Waals surface area contributed by atoms with Crippen molar-refractivity contribution >= 4 is 24.2 Å². The van der Waals surface area contributed by atoms with Crippen molar-refractivity contribution in [3.63, 3.8) is 0 Å². The van der Waals surface area contributed by atoms with E-state index >= 15 is 0 Å². The van der Waals surface area contributed by atoms with Gasteiger partial charge in [-0.25, -0.2) is 0 Å². The van der Waals surface area contributed by atoms with Crippen molar-refractivity contribution in [1.82, 2.24) is 0 Å². The average molecular weight is 301 g/mol. The number of hydrogen-bond donors (Lipinski definition) is 2. The van der Waals surface area contributed by atoms with Crippen LogP contribution in [0.4, 0.5) is 5.69 Å². The van der Waals surface area contributed by atoms with Crippen LogP contribution in [0.15, 0.2) is 54.6 Å². The van der Waals surface area contributed by atoms with Crippen LogP contribution in [0.1, 0.15) is 5.56 Å². The van der Waals surface area contributed by atoms with Gasteiger partial charge in [0.1, 0.15) is 5.75 Å². The Balaban J connectivity index is 1.99. The van der Waals surface area contributed by atoms with Crippen molar-refractivity contribution in [1.29, 1.82) is 0 Å². The molecule has 21 heavy (non-hydrogen) atoms. The number of nitrogens with one attached hydrogen (secondary N) is 1. The molecule has 0 heterocycles. The van der Waals surface area contributed by atoms with Crippen LogP contribution in [0.25, 0.3) is 0 Å². The first-order valence-corrected chi connectivity index (χ1v) is 7.46. The molecule has 1 atom stereocenters. The van der Waals surface area contributed by atoms with Crippen molar-refractivity contribution in [3.8, 4) is 5.75 Å². The lowest BCUT2D eigenvalue weighted by Gasteiger charge is -2.15. The molecule has 4 heteroatoms. The molecule has 0 saturated carbocycles. The van der Waals surface area contributed by atoms with Crippen molar-refractivity contribution in [2.45, 2.75) is 6.42 Å². The Labute approximate surface area is 130 Å². The summed E-state index contributed by atoms with van der Waals surface area (Å²) in [5.74, 6) is 1.11. The fraction of sp³-hybridized carbons (Fsp3) is 0.235. The number of carbonyl (C=O) groups excluding carboxylic acids is 1. The SMILES string of the molecule is COc1ccc(NC(=O)C(CS)Cc2ccccc2)cc1. The van der Waals surface area contributed by atoms with Crippen LogP contribution >= 0.6 is 12.6 Å². The fourth-order valence-corrected chi connectivity index (χ4v) is 2.35. The highest BCUT2D eigenvalue weighted by Crippen LogP contribution is 2.17. The van der Waals surface area contributed by atoms with Gasteiger partial charge >= 0.3 is 0 Å². The third-order valence-corrected chi connectivity index (χ3v) is 3.71. The molecule has 1 unspecified atom stereocenters. The van der Waals surface area contributed by atoms with Crippen LogP contribution in [-0.2, 0) is 11.2 Å². The Morgan fingerprint density at radius 2 is 1.81 bits per heavy atom. The number of benzene rings is 2. The van der Waals surface area contributed by atoms with Gasteiger partial charge < -0.3 is 10.1 Å². The second-order valence-electron chi connectivity index (χ2n) is 4.79. The van der Waals surface area contributed by atoms with Crippen molar-refractivity contribution < 1.29 is 9.53 Å². The maximum absolute atomic E-state index is 12.3. The van der Waals surface area contributed by atoms with E-state index in [4.69, 9.17) is 4.74 Å². The lowest BCUT2D eigenvalue weighted by Crippen LogP contribution is -2.26. The number of hydrogen-bond acceptors (Lipinski definition) is 3. The van der Waals surface area contributed by atoms with Crippen LogP contribution in [-0.4, -0.2) is 18.8 Å². The van der Waals surface area contributed by atoms with Gasteiger partial charge in [0, 0.05) is 11.4 Å². The Morgan fingerprint density at radius 3 is 2.38 bits per heavy atom. The summed E-state index contributed by atoms with van der Waals surface area (Å²) < 4.78 is 5.10. The van der Waals surface area contributed by atoms with Crippen LogP contribution in [0.2, 0.25) is 0 Å². The van der Waals surface area contributed by atoms with Gasteiger partial charge in [0.05, 0.1) is 13.0 Å². The summed E-state index contributed by atoms with van der Waals surface area (Å²) >= 11 is 4.30. The van der Waals surface area contributed by atoms with E-state index in [1.807, 2.05) is 54.6 Å². The highest BCUT2D eigenvalue weighted by molar-refractivity contribution is 7.80. The Hall–Kier alpha value is -1.94. The molecular weight excluding hydrogens is 282 g/mol. The minimum Gasteiger partial charge on any atom is -0.497 e. The molecule has 2 rings (SSSR count). The van der Waals surface area contributed by atoms with Gasteiger partial charge in [0.15, 0.2) is 0 Å². The van der Waals surface area contributed by atoms with E-state index in [2.05, 4.69) is 17.9 Å². The average Bonchev–Trinajstić information content (AvgIpc) is 2.54. The molecule has 0 aromatic heterocycles. The van der Waals surface area contributed by atoms with Crippen molar-refractivity contribution in [3.05, 3.63) is 60.2 Å². The van der Waals surface area contributed by atoms with Gasteiger partial charge in [-0.15, -0.1) is 0 Å². The number of ether oxygens (including phenoxy) is 1. The summed E-state index contributed by atoms with van der Waals surface area (Å²) in [4.78, 5) is 12.3. The standard InChI is InChI=1S/C17H19NO2S/c1-20-16-9-7-15(8-10-16)18-17(19)14(12-21)11-13-5-3-2-4-6-13/h2-10,14,21H,11-12H2,1H3,(H,18,19). The predicted molar refractivity (Wildman–Crippen MR) is 89.1 cm³/mol. The molecule has 1 N–H and O–H groups in total. The number of anilines is 1. The summed E-state index contributed by atoms with van der Waals surface area (Å²) in [7, 11) is 1.62. The molecule has 0 aliphatic carbocycles. The summed E-state index contributed by atoms with van der Waals surface area (Å²) in [6, 6.07) is 17.3. The summed E-state index contributed by atoms with van der Waals surface area (Å²) in [6.45, 7) is 0. The predicted octanol–water partition coefficient (Wildman–Crippen LogP) is 3.42. The summed E-state index contributed by atoms with van der Waals surface area (Å²) in [5.41, 5.74) is 1.90. The zero-order chi connectivity index (χ0) is 15.1. The number of thiol groups is 1. The van der Waals surface area contributed by atoms with Crippen LogP contribution in [0.3, 0.4) is 0 Å². The molecule has 0 aliphatic rings. The van der Waals surface area contributed by atoms with Gasteiger partial charge in [0.25, 0.3) is 0 Å². The second kappa shape index (κ2) is 7.74. The van der Waals surface area contributed by atoms with E-state index < -0.39 is 0 Å². The zero-order valence-corrected chi connectivity index (χ0v) is 12.8. The minimum absolute atomic E-state index is 0.0148. The van der Waals surface area contributed by atoms with Gasteiger partial charge in [-0.1, -0.05) is 30.3 Å². The summed E-state index contributed by atoms with van der Waals surface area (Å²) in [5, 5.41) is 2.92. The molecule has 0 saturated heterocycles.